The maximum Gasteiger partial charge on any atom is 0.0637 e. The molecule has 4 nitrogen and oxygen atoms in total. The normalized spacial score (nSPS) is 26.8. The van der Waals surface area contributed by atoms with Crippen molar-refractivity contribution in [1.29, 1.82) is 0 Å². The summed E-state index contributed by atoms with van der Waals surface area (Å²) in [6.45, 7) is 4.52. The summed E-state index contributed by atoms with van der Waals surface area (Å²) < 4.78 is 0. The molecule has 0 amide bonds. The molecule has 0 unspecified atom stereocenters. The van der Waals surface area contributed by atoms with Crippen molar-refractivity contribution < 1.29 is 0 Å². The summed E-state index contributed by atoms with van der Waals surface area (Å²) in [6, 6.07) is 0. The van der Waals surface area contributed by atoms with Crippen LogP contribution in [0.25, 0.3) is 0 Å². The predicted molar refractivity (Wildman–Crippen MR) is 89.0 cm³/mol. The van der Waals surface area contributed by atoms with E-state index in [1.807, 2.05) is 0 Å². The Bertz CT molecular complexity index is 334. The predicted octanol–water partition coefficient (Wildman–Crippen LogP) is 2.18. The summed E-state index contributed by atoms with van der Waals surface area (Å²) in [7, 11) is 0. The van der Waals surface area contributed by atoms with Crippen LogP contribution in [0.2, 0.25) is 0 Å². The van der Waals surface area contributed by atoms with Gasteiger partial charge in [-0.2, -0.15) is 0 Å². The molecule has 0 heterocycles. The lowest BCUT2D eigenvalue weighted by molar-refractivity contribution is 0.218. The van der Waals surface area contributed by atoms with Gasteiger partial charge in [0.2, 0.25) is 0 Å². The van der Waals surface area contributed by atoms with Gasteiger partial charge < -0.3 is 22.9 Å². The molecule has 4 heteroatoms. The zero-order chi connectivity index (χ0) is 15.7. The molecule has 0 aromatic carbocycles. The topological polar surface area (TPSA) is 104 Å². The summed E-state index contributed by atoms with van der Waals surface area (Å²) in [5.41, 5.74) is 25.1. The van der Waals surface area contributed by atoms with Crippen LogP contribution in [-0.2, 0) is 0 Å². The van der Waals surface area contributed by atoms with Crippen molar-refractivity contribution in [2.75, 3.05) is 0 Å². The van der Waals surface area contributed by atoms with Crippen LogP contribution < -0.4 is 22.9 Å². The summed E-state index contributed by atoms with van der Waals surface area (Å²) >= 11 is 0. The lowest BCUT2D eigenvalue weighted by atomic mass is 9.69. The van der Waals surface area contributed by atoms with E-state index in [9.17, 15) is 0 Å². The summed E-state index contributed by atoms with van der Waals surface area (Å²) in [5.74, 6) is 1.89. The van der Waals surface area contributed by atoms with E-state index in [0.29, 0.717) is 17.8 Å². The van der Waals surface area contributed by atoms with Gasteiger partial charge in [0.05, 0.1) is 11.3 Å². The second-order valence-corrected chi connectivity index (χ2v) is 7.93. The smallest absolute Gasteiger partial charge is 0.0637 e. The molecule has 2 fully saturated rings. The quantitative estimate of drug-likeness (QED) is 0.473. The molecule has 0 aliphatic heterocycles. The van der Waals surface area contributed by atoms with Crippen molar-refractivity contribution in [1.82, 2.24) is 0 Å². The largest absolute Gasteiger partial charge is 0.313 e. The molecule has 2 aliphatic carbocycles. The molecule has 0 radical (unpaired) electrons. The first-order valence-corrected chi connectivity index (χ1v) is 8.56. The number of allylic oxidation sites excluding steroid dienone is 2. The Morgan fingerprint density at radius 3 is 1.43 bits per heavy atom. The zero-order valence-electron chi connectivity index (χ0n) is 13.8. The van der Waals surface area contributed by atoms with Crippen molar-refractivity contribution in [2.45, 2.75) is 76.5 Å². The molecule has 0 aromatic heterocycles. The molecule has 122 valence electrons. The summed E-state index contributed by atoms with van der Waals surface area (Å²) in [6.07, 6.45) is 10.7. The SMILES string of the molecule is CC(C)C=C(C1CCC(N)(N)CC1)C1CCC(N)(N)CC1. The highest BCUT2D eigenvalue weighted by Gasteiger charge is 2.35. The summed E-state index contributed by atoms with van der Waals surface area (Å²) in [4.78, 5) is 0. The van der Waals surface area contributed by atoms with Gasteiger partial charge in [0, 0.05) is 0 Å². The van der Waals surface area contributed by atoms with Gasteiger partial charge in [0.1, 0.15) is 0 Å². The van der Waals surface area contributed by atoms with Crippen LogP contribution in [0, 0.1) is 17.8 Å². The minimum absolute atomic E-state index is 0.449. The van der Waals surface area contributed by atoms with Crippen molar-refractivity contribution in [3.8, 4) is 0 Å². The highest BCUT2D eigenvalue weighted by atomic mass is 15.0. The number of hydrogen-bond acceptors (Lipinski definition) is 4. The van der Waals surface area contributed by atoms with Gasteiger partial charge in [-0.15, -0.1) is 0 Å². The van der Waals surface area contributed by atoms with E-state index in [0.717, 1.165) is 51.4 Å². The molecule has 0 aromatic rings. The second kappa shape index (κ2) is 6.37. The molecule has 21 heavy (non-hydrogen) atoms. The van der Waals surface area contributed by atoms with E-state index in [-0.39, 0.29) is 0 Å². The van der Waals surface area contributed by atoms with E-state index in [1.54, 1.807) is 5.57 Å². The Kier molecular flexibility index (Phi) is 5.14. The Morgan fingerprint density at radius 1 is 0.810 bits per heavy atom. The molecule has 0 bridgehead atoms. The minimum Gasteiger partial charge on any atom is -0.313 e. The maximum atomic E-state index is 6.08. The van der Waals surface area contributed by atoms with Gasteiger partial charge in [0.15, 0.2) is 0 Å². The van der Waals surface area contributed by atoms with Crippen molar-refractivity contribution in [3.63, 3.8) is 0 Å². The van der Waals surface area contributed by atoms with Crippen LogP contribution in [0.5, 0.6) is 0 Å². The molecular formula is C17H34N4. The first-order valence-electron chi connectivity index (χ1n) is 8.56. The van der Waals surface area contributed by atoms with Gasteiger partial charge in [-0.3, -0.25) is 0 Å². The average Bonchev–Trinajstić information content (AvgIpc) is 2.36. The highest BCUT2D eigenvalue weighted by molar-refractivity contribution is 5.15. The van der Waals surface area contributed by atoms with Gasteiger partial charge >= 0.3 is 0 Å². The molecule has 2 rings (SSSR count). The van der Waals surface area contributed by atoms with Crippen LogP contribution >= 0.6 is 0 Å². The lowest BCUT2D eigenvalue weighted by Gasteiger charge is -2.40. The van der Waals surface area contributed by atoms with Crippen LogP contribution in [0.1, 0.15) is 65.2 Å². The molecule has 2 saturated carbocycles. The Labute approximate surface area is 129 Å². The van der Waals surface area contributed by atoms with E-state index in [2.05, 4.69) is 19.9 Å². The third kappa shape index (κ3) is 4.78. The fourth-order valence-corrected chi connectivity index (χ4v) is 3.97. The summed E-state index contributed by atoms with van der Waals surface area (Å²) in [5, 5.41) is 0. The van der Waals surface area contributed by atoms with Crippen LogP contribution in [0.3, 0.4) is 0 Å². The van der Waals surface area contributed by atoms with Crippen molar-refractivity contribution >= 4 is 0 Å². The van der Waals surface area contributed by atoms with Crippen LogP contribution in [0.4, 0.5) is 0 Å². The number of rotatable bonds is 3. The number of nitrogens with two attached hydrogens (primary N) is 4. The van der Waals surface area contributed by atoms with E-state index in [1.165, 1.54) is 0 Å². The van der Waals surface area contributed by atoms with Crippen molar-refractivity contribution in [2.24, 2.45) is 40.7 Å². The Hall–Kier alpha value is -0.420. The molecule has 0 saturated heterocycles. The maximum absolute atomic E-state index is 6.08. The fourth-order valence-electron chi connectivity index (χ4n) is 3.97. The van der Waals surface area contributed by atoms with E-state index in [4.69, 9.17) is 22.9 Å². The van der Waals surface area contributed by atoms with Crippen molar-refractivity contribution in [3.05, 3.63) is 11.6 Å². The van der Waals surface area contributed by atoms with Gasteiger partial charge in [-0.25, -0.2) is 0 Å². The first-order chi connectivity index (χ1) is 9.69. The number of hydrogen-bond donors (Lipinski definition) is 4. The Balaban J connectivity index is 2.06. The molecule has 8 N–H and O–H groups in total. The molecule has 2 aliphatic rings. The second-order valence-electron chi connectivity index (χ2n) is 7.93. The molecule has 0 spiro atoms. The van der Waals surface area contributed by atoms with Gasteiger partial charge in [-0.05, 0) is 69.1 Å². The third-order valence-electron chi connectivity index (χ3n) is 5.30. The van der Waals surface area contributed by atoms with E-state index < -0.39 is 11.3 Å². The average molecular weight is 294 g/mol. The van der Waals surface area contributed by atoms with Gasteiger partial charge in [0.25, 0.3) is 0 Å². The minimum atomic E-state index is -0.449. The molecule has 0 atom stereocenters. The fraction of sp³-hybridized carbons (Fsp3) is 0.882. The molecular weight excluding hydrogens is 260 g/mol. The third-order valence-corrected chi connectivity index (χ3v) is 5.30. The standard InChI is InChI=1S/C17H34N4/c1-12(2)11-15(13-3-7-16(18,19)8-4-13)14-5-9-17(20,21)10-6-14/h11-14H,3-10,18-21H2,1-2H3. The first kappa shape index (κ1) is 16.9. The monoisotopic (exact) mass is 294 g/mol. The lowest BCUT2D eigenvalue weighted by Crippen LogP contribution is -2.53. The van der Waals surface area contributed by atoms with E-state index >= 15 is 0 Å². The highest BCUT2D eigenvalue weighted by Crippen LogP contribution is 2.41. The van der Waals surface area contributed by atoms with Crippen LogP contribution in [0.15, 0.2) is 11.6 Å². The zero-order valence-corrected chi connectivity index (χ0v) is 13.8. The Morgan fingerprint density at radius 2 is 1.14 bits per heavy atom. The van der Waals surface area contributed by atoms with Crippen LogP contribution in [-0.4, -0.2) is 11.3 Å². The van der Waals surface area contributed by atoms with Gasteiger partial charge in [-0.1, -0.05) is 25.5 Å².